The van der Waals surface area contributed by atoms with Gasteiger partial charge in [-0.25, -0.2) is 4.39 Å². The largest absolute Gasteiger partial charge is 0.369 e. The average molecular weight is 266 g/mol. The van der Waals surface area contributed by atoms with Gasteiger partial charge in [0.15, 0.2) is 0 Å². The minimum atomic E-state index is -0.212. The second kappa shape index (κ2) is 7.49. The summed E-state index contributed by atoms with van der Waals surface area (Å²) in [6.45, 7) is 9.48. The first kappa shape index (κ1) is 16.0. The van der Waals surface area contributed by atoms with E-state index in [4.69, 9.17) is 5.73 Å². The fraction of sp³-hybridized carbons (Fsp3) is 0.625. The van der Waals surface area contributed by atoms with E-state index >= 15 is 0 Å². The van der Waals surface area contributed by atoms with E-state index in [0.29, 0.717) is 6.04 Å². The predicted octanol–water partition coefficient (Wildman–Crippen LogP) is 4.25. The molecule has 0 saturated heterocycles. The van der Waals surface area contributed by atoms with Gasteiger partial charge in [-0.15, -0.1) is 0 Å². The minimum absolute atomic E-state index is 0.154. The van der Waals surface area contributed by atoms with E-state index in [9.17, 15) is 4.39 Å². The van der Waals surface area contributed by atoms with E-state index in [1.54, 1.807) is 6.07 Å². The highest BCUT2D eigenvalue weighted by molar-refractivity contribution is 5.55. The molecule has 0 aliphatic heterocycles. The Kier molecular flexibility index (Phi) is 6.29. The molecule has 2 N–H and O–H groups in total. The molecule has 0 aromatic heterocycles. The third-order valence-corrected chi connectivity index (χ3v) is 3.67. The fourth-order valence-corrected chi connectivity index (χ4v) is 2.28. The normalized spacial score (nSPS) is 14.2. The number of unbranched alkanes of at least 4 members (excludes halogenated alkanes) is 1. The van der Waals surface area contributed by atoms with E-state index < -0.39 is 0 Å². The lowest BCUT2D eigenvalue weighted by molar-refractivity contribution is 0.586. The van der Waals surface area contributed by atoms with Crippen molar-refractivity contribution in [2.24, 2.45) is 5.73 Å². The standard InChI is InChI=1S/C16H27FN2/c1-5-7-10-19(12(3)6-2)16-9-8-14(17)11-15(16)13(4)18/h8-9,11-13H,5-7,10,18H2,1-4H3/t12?,13-/m0/s1. The Hall–Kier alpha value is -1.09. The Morgan fingerprint density at radius 3 is 2.47 bits per heavy atom. The zero-order chi connectivity index (χ0) is 14.4. The Morgan fingerprint density at radius 1 is 1.26 bits per heavy atom. The van der Waals surface area contributed by atoms with Crippen LogP contribution in [-0.4, -0.2) is 12.6 Å². The van der Waals surface area contributed by atoms with Crippen LogP contribution in [0.4, 0.5) is 10.1 Å². The van der Waals surface area contributed by atoms with E-state index in [1.807, 2.05) is 13.0 Å². The van der Waals surface area contributed by atoms with E-state index in [1.165, 1.54) is 6.07 Å². The molecule has 108 valence electrons. The van der Waals surface area contributed by atoms with Crippen LogP contribution in [0.3, 0.4) is 0 Å². The van der Waals surface area contributed by atoms with Gasteiger partial charge in [-0.1, -0.05) is 20.3 Å². The SMILES string of the molecule is CCCCN(c1ccc(F)cc1[C@H](C)N)C(C)CC. The molecule has 0 fully saturated rings. The highest BCUT2D eigenvalue weighted by Crippen LogP contribution is 2.28. The molecule has 1 aromatic carbocycles. The molecule has 2 atom stereocenters. The third-order valence-electron chi connectivity index (χ3n) is 3.67. The quantitative estimate of drug-likeness (QED) is 0.799. The molecule has 0 spiro atoms. The highest BCUT2D eigenvalue weighted by Gasteiger charge is 2.18. The van der Waals surface area contributed by atoms with Gasteiger partial charge in [-0.3, -0.25) is 0 Å². The van der Waals surface area contributed by atoms with Crippen molar-refractivity contribution in [1.29, 1.82) is 0 Å². The lowest BCUT2D eigenvalue weighted by Crippen LogP contribution is -2.34. The summed E-state index contributed by atoms with van der Waals surface area (Å²) < 4.78 is 13.4. The average Bonchev–Trinajstić information content (AvgIpc) is 2.39. The molecule has 1 unspecified atom stereocenters. The van der Waals surface area contributed by atoms with Crippen molar-refractivity contribution in [3.05, 3.63) is 29.6 Å². The van der Waals surface area contributed by atoms with Crippen molar-refractivity contribution >= 4 is 5.69 Å². The molecule has 1 rings (SSSR count). The lowest BCUT2D eigenvalue weighted by atomic mass is 10.0. The van der Waals surface area contributed by atoms with Crippen LogP contribution in [0.2, 0.25) is 0 Å². The molecule has 0 radical (unpaired) electrons. The zero-order valence-corrected chi connectivity index (χ0v) is 12.6. The van der Waals surface area contributed by atoms with Crippen molar-refractivity contribution in [3.8, 4) is 0 Å². The number of nitrogens with zero attached hydrogens (tertiary/aromatic N) is 1. The molecule has 0 aliphatic rings. The number of nitrogens with two attached hydrogens (primary N) is 1. The van der Waals surface area contributed by atoms with Crippen molar-refractivity contribution in [2.45, 2.75) is 59.0 Å². The summed E-state index contributed by atoms with van der Waals surface area (Å²) in [6.07, 6.45) is 3.36. The molecule has 0 aliphatic carbocycles. The van der Waals surface area contributed by atoms with Crippen LogP contribution in [0.5, 0.6) is 0 Å². The fourth-order valence-electron chi connectivity index (χ4n) is 2.28. The smallest absolute Gasteiger partial charge is 0.123 e. The topological polar surface area (TPSA) is 29.3 Å². The summed E-state index contributed by atoms with van der Waals surface area (Å²) in [5.41, 5.74) is 7.98. The summed E-state index contributed by atoms with van der Waals surface area (Å²) in [6, 6.07) is 5.26. The van der Waals surface area contributed by atoms with E-state index in [0.717, 1.165) is 37.1 Å². The minimum Gasteiger partial charge on any atom is -0.369 e. The number of rotatable bonds is 7. The first-order valence-corrected chi connectivity index (χ1v) is 7.32. The molecule has 1 aromatic rings. The van der Waals surface area contributed by atoms with Gasteiger partial charge in [-0.2, -0.15) is 0 Å². The number of benzene rings is 1. The molecule has 0 amide bonds. The van der Waals surface area contributed by atoms with Gasteiger partial charge >= 0.3 is 0 Å². The van der Waals surface area contributed by atoms with Gasteiger partial charge in [0.1, 0.15) is 5.82 Å². The summed E-state index contributed by atoms with van der Waals surface area (Å²) in [7, 11) is 0. The van der Waals surface area contributed by atoms with Gasteiger partial charge in [0.25, 0.3) is 0 Å². The van der Waals surface area contributed by atoms with Crippen molar-refractivity contribution in [3.63, 3.8) is 0 Å². The van der Waals surface area contributed by atoms with Crippen LogP contribution in [0.15, 0.2) is 18.2 Å². The summed E-state index contributed by atoms with van der Waals surface area (Å²) >= 11 is 0. The molecular formula is C16H27FN2. The Morgan fingerprint density at radius 2 is 1.95 bits per heavy atom. The van der Waals surface area contributed by atoms with Gasteiger partial charge in [0, 0.05) is 24.3 Å². The summed E-state index contributed by atoms with van der Waals surface area (Å²) in [4.78, 5) is 2.36. The number of anilines is 1. The Bertz CT molecular complexity index is 390. The van der Waals surface area contributed by atoms with Crippen LogP contribution >= 0.6 is 0 Å². The molecule has 3 heteroatoms. The monoisotopic (exact) mass is 266 g/mol. The van der Waals surface area contributed by atoms with Crippen LogP contribution in [0.1, 0.15) is 58.6 Å². The third kappa shape index (κ3) is 4.20. The van der Waals surface area contributed by atoms with Crippen molar-refractivity contribution < 1.29 is 4.39 Å². The number of hydrogen-bond donors (Lipinski definition) is 1. The van der Waals surface area contributed by atoms with Crippen LogP contribution in [-0.2, 0) is 0 Å². The molecule has 0 saturated carbocycles. The predicted molar refractivity (Wildman–Crippen MR) is 81.0 cm³/mol. The summed E-state index contributed by atoms with van der Waals surface area (Å²) in [5, 5.41) is 0. The first-order valence-electron chi connectivity index (χ1n) is 7.32. The molecule has 0 bridgehead atoms. The highest BCUT2D eigenvalue weighted by atomic mass is 19.1. The maximum Gasteiger partial charge on any atom is 0.123 e. The first-order chi connectivity index (χ1) is 9.01. The van der Waals surface area contributed by atoms with E-state index in [-0.39, 0.29) is 11.9 Å². The second-order valence-electron chi connectivity index (χ2n) is 5.30. The lowest BCUT2D eigenvalue weighted by Gasteiger charge is -2.33. The maximum absolute atomic E-state index is 13.4. The van der Waals surface area contributed by atoms with Gasteiger partial charge in [0.05, 0.1) is 0 Å². The molecule has 2 nitrogen and oxygen atoms in total. The molecule has 19 heavy (non-hydrogen) atoms. The number of hydrogen-bond acceptors (Lipinski definition) is 2. The van der Waals surface area contributed by atoms with Crippen LogP contribution < -0.4 is 10.6 Å². The Labute approximate surface area is 116 Å². The maximum atomic E-state index is 13.4. The summed E-state index contributed by atoms with van der Waals surface area (Å²) in [5.74, 6) is -0.212. The van der Waals surface area contributed by atoms with E-state index in [2.05, 4.69) is 25.7 Å². The van der Waals surface area contributed by atoms with Gasteiger partial charge < -0.3 is 10.6 Å². The van der Waals surface area contributed by atoms with Crippen molar-refractivity contribution in [1.82, 2.24) is 0 Å². The molecular weight excluding hydrogens is 239 g/mol. The van der Waals surface area contributed by atoms with Crippen LogP contribution in [0.25, 0.3) is 0 Å². The number of halogens is 1. The van der Waals surface area contributed by atoms with Gasteiger partial charge in [0.2, 0.25) is 0 Å². The Balaban J connectivity index is 3.13. The van der Waals surface area contributed by atoms with Crippen LogP contribution in [0, 0.1) is 5.82 Å². The second-order valence-corrected chi connectivity index (χ2v) is 5.30. The molecule has 0 heterocycles. The van der Waals surface area contributed by atoms with Gasteiger partial charge in [-0.05, 0) is 50.5 Å². The zero-order valence-electron chi connectivity index (χ0n) is 12.6. The van der Waals surface area contributed by atoms with Crippen molar-refractivity contribution in [2.75, 3.05) is 11.4 Å².